The molecular formula is C15H20INO5. The predicted molar refractivity (Wildman–Crippen MR) is 88.9 cm³/mol. The van der Waals surface area contributed by atoms with E-state index in [2.05, 4.69) is 29.2 Å². The minimum absolute atomic E-state index is 0.145. The standard InChI is InChI=1S/C15H20INO5/c1-4-5-10(16)11(20-3)6-7-17-14-13(12(8-18)22-17)9(2)21-15(14)19/h4-6,9,12-14,18H,1,7-8H2,2-3H3/b10-5+,11-6-/t9-,12-,13+,14-/m0/s1. The number of allylic oxidation sites excluding steroid dienone is 3. The molecule has 6 nitrogen and oxygen atoms in total. The van der Waals surface area contributed by atoms with E-state index in [0.29, 0.717) is 12.3 Å². The molecule has 7 heteroatoms. The minimum Gasteiger partial charge on any atom is -0.496 e. The Bertz CT molecular complexity index is 504. The third-order valence-electron chi connectivity index (χ3n) is 3.82. The molecule has 0 radical (unpaired) electrons. The molecular weight excluding hydrogens is 401 g/mol. The summed E-state index contributed by atoms with van der Waals surface area (Å²) < 4.78 is 11.5. The summed E-state index contributed by atoms with van der Waals surface area (Å²) in [5.74, 6) is 0.212. The molecule has 0 spiro atoms. The summed E-state index contributed by atoms with van der Waals surface area (Å²) in [5, 5.41) is 11.0. The van der Waals surface area contributed by atoms with E-state index in [1.165, 1.54) is 0 Å². The molecule has 22 heavy (non-hydrogen) atoms. The zero-order valence-corrected chi connectivity index (χ0v) is 14.7. The van der Waals surface area contributed by atoms with Crippen molar-refractivity contribution in [2.45, 2.75) is 25.2 Å². The second kappa shape index (κ2) is 7.58. The molecule has 0 unspecified atom stereocenters. The van der Waals surface area contributed by atoms with Crippen molar-refractivity contribution in [1.29, 1.82) is 0 Å². The van der Waals surface area contributed by atoms with Crippen LogP contribution in [-0.4, -0.2) is 54.7 Å². The molecule has 2 fully saturated rings. The van der Waals surface area contributed by atoms with Gasteiger partial charge >= 0.3 is 5.97 Å². The molecule has 1 N–H and O–H groups in total. The van der Waals surface area contributed by atoms with E-state index < -0.39 is 12.1 Å². The molecule has 2 saturated heterocycles. The van der Waals surface area contributed by atoms with Crippen molar-refractivity contribution in [1.82, 2.24) is 5.06 Å². The quantitative estimate of drug-likeness (QED) is 0.304. The van der Waals surface area contributed by atoms with Crippen molar-refractivity contribution in [3.05, 3.63) is 34.1 Å². The van der Waals surface area contributed by atoms with Crippen molar-refractivity contribution in [2.75, 3.05) is 20.3 Å². The molecule has 2 aliphatic heterocycles. The highest BCUT2D eigenvalue weighted by Crippen LogP contribution is 2.37. The first-order chi connectivity index (χ1) is 10.5. The number of aliphatic hydroxyl groups is 1. The van der Waals surface area contributed by atoms with E-state index in [0.717, 1.165) is 3.58 Å². The van der Waals surface area contributed by atoms with Gasteiger partial charge < -0.3 is 14.6 Å². The fraction of sp³-hybridized carbons (Fsp3) is 0.533. The molecule has 2 heterocycles. The maximum Gasteiger partial charge on any atom is 0.326 e. The predicted octanol–water partition coefficient (Wildman–Crippen LogP) is 1.56. The van der Waals surface area contributed by atoms with Gasteiger partial charge in [-0.15, -0.1) is 0 Å². The zero-order chi connectivity index (χ0) is 16.3. The average Bonchev–Trinajstić information content (AvgIpc) is 3.00. The first kappa shape index (κ1) is 17.5. The number of hydrogen-bond donors (Lipinski definition) is 1. The van der Waals surface area contributed by atoms with E-state index in [1.54, 1.807) is 18.2 Å². The van der Waals surface area contributed by atoms with Crippen LogP contribution >= 0.6 is 22.6 Å². The number of hydrogen-bond acceptors (Lipinski definition) is 6. The van der Waals surface area contributed by atoms with Crippen LogP contribution in [0.4, 0.5) is 0 Å². The van der Waals surface area contributed by atoms with E-state index in [1.807, 2.05) is 19.1 Å². The van der Waals surface area contributed by atoms with E-state index in [9.17, 15) is 9.90 Å². The van der Waals surface area contributed by atoms with Crippen LogP contribution < -0.4 is 0 Å². The van der Waals surface area contributed by atoms with E-state index >= 15 is 0 Å². The molecule has 0 aromatic heterocycles. The van der Waals surface area contributed by atoms with Crippen molar-refractivity contribution >= 4 is 28.6 Å². The number of fused-ring (bicyclic) bond motifs is 1. The number of aliphatic hydroxyl groups excluding tert-OH is 1. The highest BCUT2D eigenvalue weighted by molar-refractivity contribution is 14.1. The van der Waals surface area contributed by atoms with Gasteiger partial charge in [0.05, 0.1) is 23.2 Å². The molecule has 0 amide bonds. The fourth-order valence-electron chi connectivity index (χ4n) is 2.82. The summed E-state index contributed by atoms with van der Waals surface area (Å²) in [5.41, 5.74) is 0. The van der Waals surface area contributed by atoms with Gasteiger partial charge in [-0.1, -0.05) is 12.7 Å². The Morgan fingerprint density at radius 3 is 2.91 bits per heavy atom. The normalized spacial score (nSPS) is 32.8. The first-order valence-corrected chi connectivity index (χ1v) is 8.08. The summed E-state index contributed by atoms with van der Waals surface area (Å²) in [6.45, 7) is 5.69. The monoisotopic (exact) mass is 421 g/mol. The molecule has 0 bridgehead atoms. The van der Waals surface area contributed by atoms with Gasteiger partial charge in [-0.05, 0) is 41.7 Å². The lowest BCUT2D eigenvalue weighted by Crippen LogP contribution is -2.36. The number of carbonyl (C=O) groups is 1. The number of esters is 1. The number of hydroxylamine groups is 2. The third kappa shape index (κ3) is 3.37. The Kier molecular flexibility index (Phi) is 6.01. The second-order valence-electron chi connectivity index (χ2n) is 5.11. The van der Waals surface area contributed by atoms with Crippen LogP contribution in [0.1, 0.15) is 6.92 Å². The minimum atomic E-state index is -0.484. The number of ether oxygens (including phenoxy) is 2. The number of halogens is 1. The van der Waals surface area contributed by atoms with Gasteiger partial charge in [0.25, 0.3) is 0 Å². The molecule has 0 aliphatic carbocycles. The number of carbonyl (C=O) groups excluding carboxylic acids is 1. The summed E-state index contributed by atoms with van der Waals surface area (Å²) in [7, 11) is 1.58. The fourth-order valence-corrected chi connectivity index (χ4v) is 3.51. The molecule has 2 aliphatic rings. The van der Waals surface area contributed by atoms with Crippen molar-refractivity contribution in [3.8, 4) is 0 Å². The Balaban J connectivity index is 2.14. The number of rotatable bonds is 6. The summed E-state index contributed by atoms with van der Waals surface area (Å²) >= 11 is 2.15. The highest BCUT2D eigenvalue weighted by atomic mass is 127. The largest absolute Gasteiger partial charge is 0.496 e. The number of cyclic esters (lactones) is 1. The maximum atomic E-state index is 12.0. The van der Waals surface area contributed by atoms with E-state index in [4.69, 9.17) is 14.3 Å². The van der Waals surface area contributed by atoms with Gasteiger partial charge in [-0.2, -0.15) is 5.06 Å². The van der Waals surface area contributed by atoms with Crippen molar-refractivity contribution in [2.24, 2.45) is 5.92 Å². The second-order valence-corrected chi connectivity index (χ2v) is 6.28. The average molecular weight is 421 g/mol. The van der Waals surface area contributed by atoms with Gasteiger partial charge in [0.2, 0.25) is 0 Å². The van der Waals surface area contributed by atoms with Gasteiger partial charge in [0.15, 0.2) is 0 Å². The van der Waals surface area contributed by atoms with Crippen LogP contribution in [0.25, 0.3) is 0 Å². The van der Waals surface area contributed by atoms with Gasteiger partial charge in [0, 0.05) is 6.54 Å². The summed E-state index contributed by atoms with van der Waals surface area (Å²) in [6, 6.07) is -0.484. The van der Waals surface area contributed by atoms with E-state index in [-0.39, 0.29) is 24.6 Å². The molecule has 0 aromatic carbocycles. The molecule has 0 saturated carbocycles. The molecule has 0 aromatic rings. The zero-order valence-electron chi connectivity index (χ0n) is 12.6. The van der Waals surface area contributed by atoms with Crippen LogP contribution in [0.15, 0.2) is 34.1 Å². The first-order valence-electron chi connectivity index (χ1n) is 7.01. The van der Waals surface area contributed by atoms with Crippen LogP contribution in [0.3, 0.4) is 0 Å². The van der Waals surface area contributed by atoms with Crippen LogP contribution in [0.2, 0.25) is 0 Å². The van der Waals surface area contributed by atoms with Gasteiger partial charge in [-0.25, -0.2) is 0 Å². The van der Waals surface area contributed by atoms with Crippen molar-refractivity contribution < 1.29 is 24.2 Å². The lowest BCUT2D eigenvalue weighted by molar-refractivity contribution is -0.187. The van der Waals surface area contributed by atoms with Crippen molar-refractivity contribution in [3.63, 3.8) is 0 Å². The van der Waals surface area contributed by atoms with Crippen LogP contribution in [0, 0.1) is 5.92 Å². The topological polar surface area (TPSA) is 68.2 Å². The van der Waals surface area contributed by atoms with Gasteiger partial charge in [-0.3, -0.25) is 9.63 Å². The SMILES string of the molecule is C=C/C=C(I)\C(=C\CN1O[C@@H](CO)[C@H]2[C@H](C)OC(=O)[C@H]21)OC. The number of methoxy groups -OCH3 is 1. The molecule has 122 valence electrons. The smallest absolute Gasteiger partial charge is 0.326 e. The molecule has 4 atom stereocenters. The summed E-state index contributed by atoms with van der Waals surface area (Å²) in [4.78, 5) is 17.7. The molecule has 2 rings (SSSR count). The third-order valence-corrected chi connectivity index (χ3v) is 4.71. The lowest BCUT2D eigenvalue weighted by Gasteiger charge is -2.19. The Labute approximate surface area is 143 Å². The Hall–Kier alpha value is -0.900. The van der Waals surface area contributed by atoms with Crippen LogP contribution in [-0.2, 0) is 19.1 Å². The Morgan fingerprint density at radius 2 is 2.32 bits per heavy atom. The summed E-state index contributed by atoms with van der Waals surface area (Å²) in [6.07, 6.45) is 4.65. The highest BCUT2D eigenvalue weighted by Gasteiger charge is 2.55. The Morgan fingerprint density at radius 1 is 1.59 bits per heavy atom. The van der Waals surface area contributed by atoms with Crippen LogP contribution in [0.5, 0.6) is 0 Å². The number of nitrogens with zero attached hydrogens (tertiary/aromatic N) is 1. The maximum absolute atomic E-state index is 12.0. The van der Waals surface area contributed by atoms with Gasteiger partial charge in [0.1, 0.15) is 24.0 Å². The lowest BCUT2D eigenvalue weighted by atomic mass is 9.93.